The predicted molar refractivity (Wildman–Crippen MR) is 85.2 cm³/mol. The number of nitrogens with one attached hydrogen (secondary N) is 1. The Morgan fingerprint density at radius 1 is 1.21 bits per heavy atom. The normalized spacial score (nSPS) is 11.3. The van der Waals surface area contributed by atoms with Crippen LogP contribution in [0.4, 0.5) is 0 Å². The maximum Gasteiger partial charge on any atom is 0.178 e. The highest BCUT2D eigenvalue weighted by molar-refractivity contribution is 7.71. The molecule has 0 radical (unpaired) electrons. The Kier molecular flexibility index (Phi) is 3.67. The highest BCUT2D eigenvalue weighted by atomic mass is 35.5. The number of aryl methyl sites for hydroxylation is 2. The molecule has 0 saturated heterocycles. The van der Waals surface area contributed by atoms with Crippen LogP contribution < -0.4 is 0 Å². The molecule has 0 spiro atoms. The Balaban J connectivity index is 1.92. The maximum absolute atomic E-state index is 5.98. The fraction of sp³-hybridized carbons (Fsp3) is 0.154. The van der Waals surface area contributed by atoms with Crippen molar-refractivity contribution in [3.8, 4) is 0 Å². The van der Waals surface area contributed by atoms with E-state index >= 15 is 0 Å². The first-order valence-electron chi connectivity index (χ1n) is 5.76. The molecular weight excluding hydrogens is 319 g/mol. The van der Waals surface area contributed by atoms with Gasteiger partial charge in [0.2, 0.25) is 0 Å². The zero-order chi connectivity index (χ0) is 13.4. The van der Waals surface area contributed by atoms with Gasteiger partial charge < -0.3 is 9.55 Å². The van der Waals surface area contributed by atoms with Crippen molar-refractivity contribution < 1.29 is 0 Å². The molecule has 6 heteroatoms. The number of benzene rings is 1. The Labute approximate surface area is 129 Å². The molecule has 1 N–H and O–H groups in total. The topological polar surface area (TPSA) is 20.7 Å². The van der Waals surface area contributed by atoms with Crippen molar-refractivity contribution in [1.29, 1.82) is 0 Å². The number of rotatable bonds is 3. The van der Waals surface area contributed by atoms with Gasteiger partial charge in [-0.15, -0.1) is 11.3 Å². The number of hydrogen-bond donors (Lipinski definition) is 1. The quantitative estimate of drug-likeness (QED) is 0.646. The van der Waals surface area contributed by atoms with E-state index in [-0.39, 0.29) is 0 Å². The smallest absolute Gasteiger partial charge is 0.178 e. The zero-order valence-electron chi connectivity index (χ0n) is 9.82. The van der Waals surface area contributed by atoms with E-state index in [1.807, 2.05) is 24.3 Å². The van der Waals surface area contributed by atoms with E-state index in [0.717, 1.165) is 33.1 Å². The lowest BCUT2D eigenvalue weighted by Gasteiger charge is -2.03. The summed E-state index contributed by atoms with van der Waals surface area (Å²) >= 11 is 18.9. The van der Waals surface area contributed by atoms with E-state index in [2.05, 4.69) is 15.6 Å². The Morgan fingerprint density at radius 2 is 2.05 bits per heavy atom. The lowest BCUT2D eigenvalue weighted by Crippen LogP contribution is -2.00. The molecule has 2 heterocycles. The molecule has 1 aromatic carbocycles. The van der Waals surface area contributed by atoms with Crippen LogP contribution in [-0.4, -0.2) is 9.55 Å². The van der Waals surface area contributed by atoms with Gasteiger partial charge in [0.1, 0.15) is 0 Å². The van der Waals surface area contributed by atoms with Crippen LogP contribution in [0, 0.1) is 4.77 Å². The summed E-state index contributed by atoms with van der Waals surface area (Å²) in [6.45, 7) is 0.831. The van der Waals surface area contributed by atoms with Gasteiger partial charge in [-0.3, -0.25) is 0 Å². The molecule has 19 heavy (non-hydrogen) atoms. The molecule has 0 bridgehead atoms. The Bertz CT molecular complexity index is 785. The number of imidazole rings is 1. The number of halogens is 2. The minimum Gasteiger partial charge on any atom is -0.331 e. The standard InChI is InChI=1S/C13H10Cl2N2S2/c14-8-1-3-11-10(7-8)16-13(18)17(11)6-5-9-2-4-12(15)19-9/h1-4,7H,5-6H2,(H,16,18). The van der Waals surface area contributed by atoms with Gasteiger partial charge in [-0.25, -0.2) is 0 Å². The number of aromatic nitrogens is 2. The van der Waals surface area contributed by atoms with Gasteiger partial charge in [0, 0.05) is 16.4 Å². The van der Waals surface area contributed by atoms with Gasteiger partial charge in [-0.05, 0) is 49.0 Å². The first kappa shape index (κ1) is 13.2. The van der Waals surface area contributed by atoms with Crippen LogP contribution in [0.2, 0.25) is 9.36 Å². The third kappa shape index (κ3) is 2.72. The molecule has 0 atom stereocenters. The van der Waals surface area contributed by atoms with Crippen LogP contribution in [0.5, 0.6) is 0 Å². The second-order valence-electron chi connectivity index (χ2n) is 4.20. The largest absolute Gasteiger partial charge is 0.331 e. The third-order valence-electron chi connectivity index (χ3n) is 2.95. The second-order valence-corrected chi connectivity index (χ2v) is 6.82. The summed E-state index contributed by atoms with van der Waals surface area (Å²) in [6.07, 6.45) is 0.918. The van der Waals surface area contributed by atoms with Crippen LogP contribution in [0.25, 0.3) is 11.0 Å². The van der Waals surface area contributed by atoms with Crippen molar-refractivity contribution in [3.05, 3.63) is 49.3 Å². The van der Waals surface area contributed by atoms with Gasteiger partial charge in [0.25, 0.3) is 0 Å². The number of thiophene rings is 1. The monoisotopic (exact) mass is 328 g/mol. The molecule has 98 valence electrons. The summed E-state index contributed by atoms with van der Waals surface area (Å²) in [5.74, 6) is 0. The molecular formula is C13H10Cl2N2S2. The average molecular weight is 329 g/mol. The molecule has 3 aromatic rings. The van der Waals surface area contributed by atoms with E-state index in [0.29, 0.717) is 5.02 Å². The van der Waals surface area contributed by atoms with Crippen LogP contribution >= 0.6 is 46.8 Å². The van der Waals surface area contributed by atoms with Crippen molar-refractivity contribution >= 4 is 57.8 Å². The molecule has 0 aliphatic heterocycles. The zero-order valence-corrected chi connectivity index (χ0v) is 13.0. The fourth-order valence-corrected chi connectivity index (χ4v) is 3.61. The number of hydrogen-bond acceptors (Lipinski definition) is 2. The minimum absolute atomic E-state index is 0.709. The Morgan fingerprint density at radius 3 is 2.79 bits per heavy atom. The van der Waals surface area contributed by atoms with E-state index in [1.54, 1.807) is 11.3 Å². The number of H-pyrrole nitrogens is 1. The van der Waals surface area contributed by atoms with E-state index in [4.69, 9.17) is 35.4 Å². The number of aromatic amines is 1. The SMILES string of the molecule is S=c1[nH]c2cc(Cl)ccc2n1CCc1ccc(Cl)s1. The molecule has 0 fully saturated rings. The van der Waals surface area contributed by atoms with Gasteiger partial charge in [0.05, 0.1) is 15.4 Å². The van der Waals surface area contributed by atoms with E-state index in [9.17, 15) is 0 Å². The molecule has 2 nitrogen and oxygen atoms in total. The lowest BCUT2D eigenvalue weighted by molar-refractivity contribution is 0.712. The fourth-order valence-electron chi connectivity index (χ4n) is 2.07. The van der Waals surface area contributed by atoms with Crippen molar-refractivity contribution in [1.82, 2.24) is 9.55 Å². The summed E-state index contributed by atoms with van der Waals surface area (Å²) in [7, 11) is 0. The number of fused-ring (bicyclic) bond motifs is 1. The van der Waals surface area contributed by atoms with Crippen molar-refractivity contribution in [2.75, 3.05) is 0 Å². The lowest BCUT2D eigenvalue weighted by atomic mass is 10.3. The van der Waals surface area contributed by atoms with Gasteiger partial charge in [0.15, 0.2) is 4.77 Å². The summed E-state index contributed by atoms with van der Waals surface area (Å²) in [5.41, 5.74) is 2.05. The minimum atomic E-state index is 0.709. The van der Waals surface area contributed by atoms with E-state index in [1.165, 1.54) is 4.88 Å². The summed E-state index contributed by atoms with van der Waals surface area (Å²) < 4.78 is 3.64. The van der Waals surface area contributed by atoms with E-state index < -0.39 is 0 Å². The Hall–Kier alpha value is -0.810. The molecule has 3 rings (SSSR count). The molecule has 0 saturated carbocycles. The van der Waals surface area contributed by atoms with Crippen LogP contribution in [0.15, 0.2) is 30.3 Å². The first-order chi connectivity index (χ1) is 9.13. The van der Waals surface area contributed by atoms with Gasteiger partial charge in [-0.1, -0.05) is 23.2 Å². The average Bonchev–Trinajstić information content (AvgIpc) is 2.89. The summed E-state index contributed by atoms with van der Waals surface area (Å²) in [6, 6.07) is 9.75. The second kappa shape index (κ2) is 5.29. The predicted octanol–water partition coefficient (Wildman–Crippen LogP) is 5.31. The molecule has 2 aromatic heterocycles. The molecule has 0 amide bonds. The summed E-state index contributed by atoms with van der Waals surface area (Å²) in [5, 5.41) is 0.709. The molecule has 0 aliphatic rings. The summed E-state index contributed by atoms with van der Waals surface area (Å²) in [4.78, 5) is 4.44. The van der Waals surface area contributed by atoms with Gasteiger partial charge >= 0.3 is 0 Å². The highest BCUT2D eigenvalue weighted by Crippen LogP contribution is 2.23. The molecule has 0 aliphatic carbocycles. The molecule has 0 unspecified atom stereocenters. The highest BCUT2D eigenvalue weighted by Gasteiger charge is 2.06. The van der Waals surface area contributed by atoms with Crippen molar-refractivity contribution in [3.63, 3.8) is 0 Å². The first-order valence-corrected chi connectivity index (χ1v) is 7.74. The number of nitrogens with zero attached hydrogens (tertiary/aromatic N) is 1. The third-order valence-corrected chi connectivity index (χ3v) is 4.80. The van der Waals surface area contributed by atoms with Gasteiger partial charge in [-0.2, -0.15) is 0 Å². The van der Waals surface area contributed by atoms with Crippen molar-refractivity contribution in [2.45, 2.75) is 13.0 Å². The van der Waals surface area contributed by atoms with Crippen LogP contribution in [-0.2, 0) is 13.0 Å². The van der Waals surface area contributed by atoms with Crippen LogP contribution in [0.3, 0.4) is 0 Å². The van der Waals surface area contributed by atoms with Crippen molar-refractivity contribution in [2.24, 2.45) is 0 Å². The maximum atomic E-state index is 5.98. The van der Waals surface area contributed by atoms with Crippen LogP contribution in [0.1, 0.15) is 4.88 Å².